The van der Waals surface area contributed by atoms with Crippen molar-refractivity contribution in [3.05, 3.63) is 59.4 Å². The van der Waals surface area contributed by atoms with Crippen LogP contribution in [0.1, 0.15) is 45.2 Å². The molecule has 0 saturated carbocycles. The van der Waals surface area contributed by atoms with Gasteiger partial charge in [0.1, 0.15) is 12.4 Å². The van der Waals surface area contributed by atoms with Gasteiger partial charge in [-0.2, -0.15) is 0 Å². The zero-order valence-corrected chi connectivity index (χ0v) is 17.9. The predicted molar refractivity (Wildman–Crippen MR) is 114 cm³/mol. The molecule has 0 unspecified atom stereocenters. The Kier molecular flexibility index (Phi) is 5.36. The van der Waals surface area contributed by atoms with E-state index in [-0.39, 0.29) is 6.61 Å². The van der Waals surface area contributed by atoms with Crippen molar-refractivity contribution in [1.29, 1.82) is 0 Å². The summed E-state index contributed by atoms with van der Waals surface area (Å²) in [6.45, 7) is 8.51. The van der Waals surface area contributed by atoms with Gasteiger partial charge in [-0.15, -0.1) is 0 Å². The molecule has 30 heavy (non-hydrogen) atoms. The lowest BCUT2D eigenvalue weighted by Gasteiger charge is -2.32. The summed E-state index contributed by atoms with van der Waals surface area (Å²) in [5.74, 6) is -0.429. The Morgan fingerprint density at radius 1 is 1.13 bits per heavy atom. The van der Waals surface area contributed by atoms with E-state index in [1.54, 1.807) is 0 Å². The number of carbonyl (C=O) groups excluding carboxylic acids is 1. The maximum atomic E-state index is 14.6. The second-order valence-corrected chi connectivity index (χ2v) is 8.88. The summed E-state index contributed by atoms with van der Waals surface area (Å²) in [7, 11) is -0.681. The fourth-order valence-corrected chi connectivity index (χ4v) is 3.86. The Balaban J connectivity index is 1.60. The summed E-state index contributed by atoms with van der Waals surface area (Å²) in [5.41, 5.74) is 1.89. The number of amides is 1. The van der Waals surface area contributed by atoms with Crippen LogP contribution in [0, 0.1) is 5.82 Å². The van der Waals surface area contributed by atoms with Crippen LogP contribution in [0.15, 0.2) is 42.5 Å². The van der Waals surface area contributed by atoms with E-state index in [1.165, 1.54) is 17.0 Å². The van der Waals surface area contributed by atoms with E-state index >= 15 is 0 Å². The summed E-state index contributed by atoms with van der Waals surface area (Å²) in [4.78, 5) is 14.3. The summed E-state index contributed by atoms with van der Waals surface area (Å²) < 4.78 is 32.4. The van der Waals surface area contributed by atoms with Crippen LogP contribution < -0.4 is 10.4 Å². The van der Waals surface area contributed by atoms with Gasteiger partial charge in [-0.1, -0.05) is 30.3 Å². The Bertz CT molecular complexity index is 932. The van der Waals surface area contributed by atoms with E-state index in [2.05, 4.69) is 0 Å². The third-order valence-corrected chi connectivity index (χ3v) is 6.26. The number of nitrogens with zero attached hydrogens (tertiary/aromatic N) is 1. The van der Waals surface area contributed by atoms with Crippen LogP contribution >= 0.6 is 0 Å². The van der Waals surface area contributed by atoms with Crippen molar-refractivity contribution in [3.8, 4) is 0 Å². The molecular formula is C23H27BFNO4. The molecule has 0 N–H and O–H groups in total. The number of ether oxygens (including phenoxy) is 1. The van der Waals surface area contributed by atoms with Crippen molar-refractivity contribution in [2.75, 3.05) is 11.4 Å². The van der Waals surface area contributed by atoms with E-state index in [4.69, 9.17) is 14.0 Å². The first-order valence-electron chi connectivity index (χ1n) is 10.3. The molecule has 2 aliphatic rings. The van der Waals surface area contributed by atoms with Gasteiger partial charge in [0.2, 0.25) is 0 Å². The van der Waals surface area contributed by atoms with Gasteiger partial charge < -0.3 is 14.0 Å². The Labute approximate surface area is 177 Å². The highest BCUT2D eigenvalue weighted by molar-refractivity contribution is 6.62. The molecule has 2 aromatic carbocycles. The summed E-state index contributed by atoms with van der Waals surface area (Å²) >= 11 is 0. The zero-order valence-electron chi connectivity index (χ0n) is 17.9. The van der Waals surface area contributed by atoms with Crippen molar-refractivity contribution < 1.29 is 23.2 Å². The lowest BCUT2D eigenvalue weighted by molar-refractivity contribution is 0.00578. The number of halogens is 1. The number of hydrogen-bond acceptors (Lipinski definition) is 4. The average Bonchev–Trinajstić information content (AvgIpc) is 2.93. The lowest BCUT2D eigenvalue weighted by Crippen LogP contribution is -2.42. The first-order valence-corrected chi connectivity index (χ1v) is 10.3. The molecule has 2 heterocycles. The normalized spacial score (nSPS) is 19.5. The van der Waals surface area contributed by atoms with Gasteiger partial charge in [0.25, 0.3) is 0 Å². The van der Waals surface area contributed by atoms with Crippen molar-refractivity contribution in [2.45, 2.75) is 58.3 Å². The van der Waals surface area contributed by atoms with Gasteiger partial charge in [-0.25, -0.2) is 9.18 Å². The van der Waals surface area contributed by atoms with Gasteiger partial charge in [-0.3, -0.25) is 4.90 Å². The molecule has 0 spiro atoms. The summed E-state index contributed by atoms with van der Waals surface area (Å²) in [6, 6.07) is 12.3. The SMILES string of the molecule is CC1(C)OB(c2cc(F)cc3c2CCCN3C(=O)OCc2ccccc2)OC1(C)C. The topological polar surface area (TPSA) is 48.0 Å². The van der Waals surface area contributed by atoms with Crippen LogP contribution in [0.25, 0.3) is 0 Å². The Hall–Kier alpha value is -2.38. The first kappa shape index (κ1) is 20.9. The van der Waals surface area contributed by atoms with Crippen LogP contribution in [-0.2, 0) is 27.1 Å². The second-order valence-electron chi connectivity index (χ2n) is 8.88. The molecule has 0 aliphatic carbocycles. The minimum atomic E-state index is -0.681. The Morgan fingerprint density at radius 3 is 2.47 bits per heavy atom. The number of carbonyl (C=O) groups is 1. The maximum absolute atomic E-state index is 14.6. The van der Waals surface area contributed by atoms with Crippen LogP contribution in [-0.4, -0.2) is 31.0 Å². The molecule has 5 nitrogen and oxygen atoms in total. The van der Waals surface area contributed by atoms with E-state index in [9.17, 15) is 9.18 Å². The summed E-state index contributed by atoms with van der Waals surface area (Å²) in [6.07, 6.45) is 0.994. The average molecular weight is 411 g/mol. The van der Waals surface area contributed by atoms with E-state index in [0.717, 1.165) is 24.0 Å². The predicted octanol–water partition coefficient (Wildman–Crippen LogP) is 4.21. The lowest BCUT2D eigenvalue weighted by atomic mass is 9.73. The van der Waals surface area contributed by atoms with Gasteiger partial charge in [-0.05, 0) is 69.3 Å². The molecule has 2 aromatic rings. The van der Waals surface area contributed by atoms with Crippen LogP contribution in [0.2, 0.25) is 0 Å². The minimum Gasteiger partial charge on any atom is -0.444 e. The third kappa shape index (κ3) is 3.84. The molecule has 0 radical (unpaired) electrons. The van der Waals surface area contributed by atoms with Crippen molar-refractivity contribution in [1.82, 2.24) is 0 Å². The zero-order chi connectivity index (χ0) is 21.5. The van der Waals surface area contributed by atoms with Crippen LogP contribution in [0.4, 0.5) is 14.9 Å². The molecular weight excluding hydrogens is 384 g/mol. The highest BCUT2D eigenvalue weighted by Gasteiger charge is 2.52. The van der Waals surface area contributed by atoms with Gasteiger partial charge in [0, 0.05) is 6.54 Å². The minimum absolute atomic E-state index is 0.172. The Morgan fingerprint density at radius 2 is 1.80 bits per heavy atom. The van der Waals surface area contributed by atoms with Gasteiger partial charge in [0.15, 0.2) is 0 Å². The molecule has 0 bridgehead atoms. The highest BCUT2D eigenvalue weighted by Crippen LogP contribution is 2.38. The molecule has 7 heteroatoms. The molecule has 1 saturated heterocycles. The summed E-state index contributed by atoms with van der Waals surface area (Å²) in [5, 5.41) is 0. The van der Waals surface area contributed by atoms with E-state index in [1.807, 2.05) is 58.0 Å². The molecule has 0 aromatic heterocycles. The molecule has 1 amide bonds. The van der Waals surface area contributed by atoms with E-state index in [0.29, 0.717) is 17.7 Å². The van der Waals surface area contributed by atoms with Gasteiger partial charge in [0.05, 0.1) is 16.9 Å². The first-order chi connectivity index (χ1) is 14.2. The van der Waals surface area contributed by atoms with Crippen molar-refractivity contribution >= 4 is 24.4 Å². The largest absolute Gasteiger partial charge is 0.495 e. The van der Waals surface area contributed by atoms with Crippen molar-refractivity contribution in [3.63, 3.8) is 0 Å². The molecule has 2 aliphatic heterocycles. The number of benzene rings is 2. The molecule has 158 valence electrons. The van der Waals surface area contributed by atoms with E-state index < -0.39 is 30.2 Å². The van der Waals surface area contributed by atoms with Crippen LogP contribution in [0.3, 0.4) is 0 Å². The number of hydrogen-bond donors (Lipinski definition) is 0. The van der Waals surface area contributed by atoms with Gasteiger partial charge >= 0.3 is 13.2 Å². The molecule has 4 rings (SSSR count). The maximum Gasteiger partial charge on any atom is 0.495 e. The molecule has 0 atom stereocenters. The fraction of sp³-hybridized carbons (Fsp3) is 0.435. The number of anilines is 1. The number of fused-ring (bicyclic) bond motifs is 1. The monoisotopic (exact) mass is 411 g/mol. The van der Waals surface area contributed by atoms with Crippen molar-refractivity contribution in [2.24, 2.45) is 0 Å². The third-order valence-electron chi connectivity index (χ3n) is 6.26. The highest BCUT2D eigenvalue weighted by atomic mass is 19.1. The van der Waals surface area contributed by atoms with Crippen LogP contribution in [0.5, 0.6) is 0 Å². The molecule has 1 fully saturated rings. The fourth-order valence-electron chi connectivity index (χ4n) is 3.86. The number of rotatable bonds is 3. The quantitative estimate of drug-likeness (QED) is 0.710. The second kappa shape index (κ2) is 7.71. The smallest absolute Gasteiger partial charge is 0.444 e. The standard InChI is InChI=1S/C23H27BFNO4/c1-22(2)23(3,4)30-24(29-22)19-13-17(25)14-20-18(19)11-8-12-26(20)21(27)28-15-16-9-6-5-7-10-16/h5-7,9-10,13-14H,8,11-12,15H2,1-4H3.